The molecule has 1 fully saturated rings. The Morgan fingerprint density at radius 3 is 2.52 bits per heavy atom. The van der Waals surface area contributed by atoms with Crippen LogP contribution in [-0.4, -0.2) is 66.3 Å². The topological polar surface area (TPSA) is 65.5 Å². The minimum absolute atomic E-state index is 0.438. The highest BCUT2D eigenvalue weighted by atomic mass is 16.5. The molecule has 2 heterocycles. The van der Waals surface area contributed by atoms with Gasteiger partial charge in [0, 0.05) is 45.4 Å². The van der Waals surface area contributed by atoms with E-state index in [4.69, 9.17) is 4.74 Å². The Bertz CT molecular complexity index is 433. The fourth-order valence-corrected chi connectivity index (χ4v) is 2.16. The van der Waals surface area contributed by atoms with Crippen LogP contribution < -0.4 is 10.7 Å². The number of hydrogen-bond donors (Lipinski definition) is 2. The Labute approximate surface area is 126 Å². The van der Waals surface area contributed by atoms with Crippen molar-refractivity contribution in [1.82, 2.24) is 19.9 Å². The van der Waals surface area contributed by atoms with Gasteiger partial charge in [-0.05, 0) is 20.9 Å². The highest BCUT2D eigenvalue weighted by Crippen LogP contribution is 2.13. The van der Waals surface area contributed by atoms with Crippen molar-refractivity contribution in [3.05, 3.63) is 11.9 Å². The van der Waals surface area contributed by atoms with Gasteiger partial charge in [0.2, 0.25) is 0 Å². The molecule has 0 unspecified atom stereocenters. The Kier molecular flexibility index (Phi) is 6.16. The molecule has 2 rings (SSSR count). The van der Waals surface area contributed by atoms with Crippen molar-refractivity contribution in [2.24, 2.45) is 0 Å². The maximum Gasteiger partial charge on any atom is 0.158 e. The van der Waals surface area contributed by atoms with Gasteiger partial charge >= 0.3 is 0 Å². The number of piperazine rings is 1. The smallest absolute Gasteiger partial charge is 0.158 e. The number of nitrogens with one attached hydrogen (secondary N) is 2. The van der Waals surface area contributed by atoms with Crippen LogP contribution >= 0.6 is 0 Å². The van der Waals surface area contributed by atoms with Crippen molar-refractivity contribution < 1.29 is 4.74 Å². The van der Waals surface area contributed by atoms with Crippen LogP contribution in [0.5, 0.6) is 0 Å². The molecule has 0 radical (unpaired) electrons. The van der Waals surface area contributed by atoms with Gasteiger partial charge in [-0.2, -0.15) is 0 Å². The minimum Gasteiger partial charge on any atom is -0.374 e. The third-order valence-corrected chi connectivity index (χ3v) is 3.34. The molecule has 1 saturated heterocycles. The first kappa shape index (κ1) is 15.9. The van der Waals surface area contributed by atoms with E-state index >= 15 is 0 Å². The molecule has 21 heavy (non-hydrogen) atoms. The molecule has 0 bridgehead atoms. The quantitative estimate of drug-likeness (QED) is 0.778. The van der Waals surface area contributed by atoms with E-state index in [2.05, 4.69) is 44.6 Å². The summed E-state index contributed by atoms with van der Waals surface area (Å²) < 4.78 is 5.41. The van der Waals surface area contributed by atoms with E-state index in [1.165, 1.54) is 0 Å². The van der Waals surface area contributed by atoms with Gasteiger partial charge in [-0.1, -0.05) is 0 Å². The highest BCUT2D eigenvalue weighted by molar-refractivity contribution is 5.47. The van der Waals surface area contributed by atoms with E-state index in [1.54, 1.807) is 0 Å². The number of hydrogen-bond acceptors (Lipinski definition) is 7. The number of likely N-dealkylation sites (N-methyl/N-ethyl adjacent to an activating group) is 1. The SMILES string of the molecule is CCNc1cc(NN2CCN(C)CC2)nc(COCC)n1. The normalized spacial score (nSPS) is 16.9. The number of ether oxygens (including phenoxy) is 1. The number of anilines is 2. The van der Waals surface area contributed by atoms with Crippen LogP contribution in [0, 0.1) is 0 Å². The average molecular weight is 294 g/mol. The number of nitrogens with zero attached hydrogens (tertiary/aromatic N) is 4. The molecular weight excluding hydrogens is 268 g/mol. The molecule has 2 N–H and O–H groups in total. The summed E-state index contributed by atoms with van der Waals surface area (Å²) in [7, 11) is 2.14. The van der Waals surface area contributed by atoms with Crippen LogP contribution in [0.2, 0.25) is 0 Å². The molecule has 1 aliphatic heterocycles. The van der Waals surface area contributed by atoms with Crippen molar-refractivity contribution >= 4 is 11.6 Å². The van der Waals surface area contributed by atoms with Crippen LogP contribution in [0.1, 0.15) is 19.7 Å². The van der Waals surface area contributed by atoms with Crippen molar-refractivity contribution in [1.29, 1.82) is 0 Å². The Morgan fingerprint density at radius 2 is 1.86 bits per heavy atom. The monoisotopic (exact) mass is 294 g/mol. The molecule has 0 saturated carbocycles. The Balaban J connectivity index is 2.03. The Hall–Kier alpha value is -1.44. The summed E-state index contributed by atoms with van der Waals surface area (Å²) in [5.74, 6) is 2.35. The highest BCUT2D eigenvalue weighted by Gasteiger charge is 2.14. The lowest BCUT2D eigenvalue weighted by Gasteiger charge is -2.32. The first-order chi connectivity index (χ1) is 10.2. The first-order valence-corrected chi connectivity index (χ1v) is 7.61. The zero-order valence-corrected chi connectivity index (χ0v) is 13.2. The summed E-state index contributed by atoms with van der Waals surface area (Å²) in [6.07, 6.45) is 0. The molecule has 7 heteroatoms. The molecule has 0 spiro atoms. The Morgan fingerprint density at radius 1 is 1.14 bits per heavy atom. The second-order valence-corrected chi connectivity index (χ2v) is 5.12. The molecule has 7 nitrogen and oxygen atoms in total. The number of hydrazine groups is 1. The molecule has 1 aromatic heterocycles. The zero-order valence-electron chi connectivity index (χ0n) is 13.2. The molecule has 0 aliphatic carbocycles. The fraction of sp³-hybridized carbons (Fsp3) is 0.714. The second-order valence-electron chi connectivity index (χ2n) is 5.12. The summed E-state index contributed by atoms with van der Waals surface area (Å²) in [4.78, 5) is 11.3. The van der Waals surface area contributed by atoms with Gasteiger partial charge < -0.3 is 20.4 Å². The summed E-state index contributed by atoms with van der Waals surface area (Å²) in [6, 6.07) is 1.94. The van der Waals surface area contributed by atoms with Crippen LogP contribution in [0.3, 0.4) is 0 Å². The minimum atomic E-state index is 0.438. The number of rotatable bonds is 7. The predicted molar refractivity (Wildman–Crippen MR) is 84.2 cm³/mol. The van der Waals surface area contributed by atoms with Gasteiger partial charge in [0.05, 0.1) is 0 Å². The van der Waals surface area contributed by atoms with E-state index in [9.17, 15) is 0 Å². The zero-order chi connectivity index (χ0) is 15.1. The largest absolute Gasteiger partial charge is 0.374 e. The van der Waals surface area contributed by atoms with E-state index in [1.807, 2.05) is 13.0 Å². The molecule has 0 atom stereocenters. The second kappa shape index (κ2) is 8.11. The lowest BCUT2D eigenvalue weighted by molar-refractivity contribution is 0.128. The molecule has 118 valence electrons. The van der Waals surface area contributed by atoms with Gasteiger partial charge in [-0.15, -0.1) is 0 Å². The van der Waals surface area contributed by atoms with Crippen LogP contribution in [0.15, 0.2) is 6.07 Å². The number of aromatic nitrogens is 2. The summed E-state index contributed by atoms with van der Waals surface area (Å²) in [5.41, 5.74) is 3.38. The lowest BCUT2D eigenvalue weighted by Crippen LogP contribution is -2.47. The molecule has 0 aromatic carbocycles. The first-order valence-electron chi connectivity index (χ1n) is 7.61. The third kappa shape index (κ3) is 5.11. The van der Waals surface area contributed by atoms with E-state index in [0.29, 0.717) is 19.0 Å². The van der Waals surface area contributed by atoms with Crippen molar-refractivity contribution in [3.8, 4) is 0 Å². The van der Waals surface area contributed by atoms with Crippen molar-refractivity contribution in [3.63, 3.8) is 0 Å². The van der Waals surface area contributed by atoms with Crippen molar-refractivity contribution in [2.75, 3.05) is 57.1 Å². The summed E-state index contributed by atoms with van der Waals surface area (Å²) in [6.45, 7) is 10.0. The average Bonchev–Trinajstić information content (AvgIpc) is 2.48. The van der Waals surface area contributed by atoms with Crippen LogP contribution in [-0.2, 0) is 11.3 Å². The fourth-order valence-electron chi connectivity index (χ4n) is 2.16. The maximum absolute atomic E-state index is 5.41. The van der Waals surface area contributed by atoms with Gasteiger partial charge in [0.15, 0.2) is 5.82 Å². The van der Waals surface area contributed by atoms with Gasteiger partial charge in [-0.25, -0.2) is 15.0 Å². The van der Waals surface area contributed by atoms with Crippen LogP contribution in [0.25, 0.3) is 0 Å². The predicted octanol–water partition coefficient (Wildman–Crippen LogP) is 1.02. The van der Waals surface area contributed by atoms with Crippen molar-refractivity contribution in [2.45, 2.75) is 20.5 Å². The van der Waals surface area contributed by atoms with E-state index in [0.717, 1.165) is 44.4 Å². The third-order valence-electron chi connectivity index (χ3n) is 3.34. The lowest BCUT2D eigenvalue weighted by atomic mass is 10.4. The van der Waals surface area contributed by atoms with Gasteiger partial charge in [0.25, 0.3) is 0 Å². The maximum atomic E-state index is 5.41. The van der Waals surface area contributed by atoms with E-state index in [-0.39, 0.29) is 0 Å². The van der Waals surface area contributed by atoms with Crippen LogP contribution in [0.4, 0.5) is 11.6 Å². The molecule has 1 aliphatic rings. The van der Waals surface area contributed by atoms with Gasteiger partial charge in [0.1, 0.15) is 18.2 Å². The molecular formula is C14H26N6O. The van der Waals surface area contributed by atoms with E-state index < -0.39 is 0 Å². The molecule has 0 amide bonds. The van der Waals surface area contributed by atoms with Gasteiger partial charge in [-0.3, -0.25) is 0 Å². The molecule has 1 aromatic rings. The summed E-state index contributed by atoms with van der Waals surface area (Å²) in [5, 5.41) is 5.43. The summed E-state index contributed by atoms with van der Waals surface area (Å²) >= 11 is 0. The standard InChI is InChI=1S/C14H26N6O/c1-4-15-12-10-13(17-14(16-12)11-21-5-2)18-20-8-6-19(3)7-9-20/h10H,4-9,11H2,1-3H3,(H2,15,16,17,18).